The molecule has 0 aliphatic heterocycles. The van der Waals surface area contributed by atoms with Gasteiger partial charge in [0.05, 0.1) is 5.69 Å². The minimum absolute atomic E-state index is 0.0938. The third-order valence-electron chi connectivity index (χ3n) is 2.66. The highest BCUT2D eigenvalue weighted by Gasteiger charge is 2.21. The summed E-state index contributed by atoms with van der Waals surface area (Å²) in [4.78, 5) is -0.125. The summed E-state index contributed by atoms with van der Waals surface area (Å²) in [5.74, 6) is -0.665. The molecule has 0 aliphatic rings. The van der Waals surface area contributed by atoms with Crippen molar-refractivity contribution < 1.29 is 17.4 Å². The Bertz CT molecular complexity index is 876. The lowest BCUT2D eigenvalue weighted by Gasteiger charge is -2.08. The van der Waals surface area contributed by atoms with Gasteiger partial charge in [-0.15, -0.1) is 0 Å². The second-order valence-corrected chi connectivity index (χ2v) is 5.62. The first-order chi connectivity index (χ1) is 9.58. The van der Waals surface area contributed by atoms with Gasteiger partial charge in [-0.1, -0.05) is 18.2 Å². The molecule has 1 aromatic heterocycles. The van der Waals surface area contributed by atoms with Gasteiger partial charge in [0, 0.05) is 0 Å². The van der Waals surface area contributed by atoms with Crippen LogP contribution in [0.3, 0.4) is 0 Å². The summed E-state index contributed by atoms with van der Waals surface area (Å²) in [5, 5.41) is 7.12. The van der Waals surface area contributed by atoms with Crippen molar-refractivity contribution in [3.05, 3.63) is 48.3 Å². The van der Waals surface area contributed by atoms with Crippen molar-refractivity contribution >= 4 is 26.7 Å². The zero-order valence-electron chi connectivity index (χ0n) is 9.95. The van der Waals surface area contributed by atoms with Crippen LogP contribution in [0.1, 0.15) is 0 Å². The predicted octanol–water partition coefficient (Wildman–Crippen LogP) is 2.16. The number of para-hydroxylation sites is 1. The van der Waals surface area contributed by atoms with Crippen LogP contribution in [0.2, 0.25) is 0 Å². The van der Waals surface area contributed by atoms with E-state index in [9.17, 15) is 12.8 Å². The Kier molecular flexibility index (Phi) is 2.87. The number of hydrogen-bond donors (Lipinski definition) is 1. The summed E-state index contributed by atoms with van der Waals surface area (Å²) >= 11 is 0. The van der Waals surface area contributed by atoms with Crippen molar-refractivity contribution in [2.75, 3.05) is 4.72 Å². The summed E-state index contributed by atoms with van der Waals surface area (Å²) in [6, 6.07) is 9.89. The van der Waals surface area contributed by atoms with E-state index >= 15 is 0 Å². The predicted molar refractivity (Wildman–Crippen MR) is 69.0 cm³/mol. The summed E-state index contributed by atoms with van der Waals surface area (Å²) < 4.78 is 44.8. The Morgan fingerprint density at radius 1 is 1.05 bits per heavy atom. The number of hydrogen-bond acceptors (Lipinski definition) is 5. The van der Waals surface area contributed by atoms with Crippen molar-refractivity contribution in [1.29, 1.82) is 0 Å². The van der Waals surface area contributed by atoms with E-state index in [1.807, 2.05) is 0 Å². The number of rotatable bonds is 3. The second kappa shape index (κ2) is 4.57. The molecule has 8 heteroatoms. The number of fused-ring (bicyclic) bond motifs is 1. The van der Waals surface area contributed by atoms with Crippen LogP contribution in [0.5, 0.6) is 0 Å². The lowest BCUT2D eigenvalue weighted by molar-refractivity contribution is 0.315. The van der Waals surface area contributed by atoms with Gasteiger partial charge in [-0.2, -0.15) is 0 Å². The molecule has 0 atom stereocenters. The summed E-state index contributed by atoms with van der Waals surface area (Å²) in [5.41, 5.74) is 0.263. The quantitative estimate of drug-likeness (QED) is 0.799. The van der Waals surface area contributed by atoms with E-state index in [1.165, 1.54) is 30.3 Å². The van der Waals surface area contributed by atoms with Gasteiger partial charge in [0.1, 0.15) is 16.2 Å². The molecule has 0 saturated heterocycles. The lowest BCUT2D eigenvalue weighted by atomic mass is 10.3. The fourth-order valence-corrected chi connectivity index (χ4v) is 2.96. The van der Waals surface area contributed by atoms with Gasteiger partial charge >= 0.3 is 0 Å². The van der Waals surface area contributed by atoms with Crippen LogP contribution in [0.15, 0.2) is 52.0 Å². The van der Waals surface area contributed by atoms with Gasteiger partial charge in [-0.05, 0) is 34.6 Å². The van der Waals surface area contributed by atoms with Crippen molar-refractivity contribution in [3.63, 3.8) is 0 Å². The number of nitrogens with one attached hydrogen (secondary N) is 1. The first kappa shape index (κ1) is 12.5. The first-order valence-electron chi connectivity index (χ1n) is 5.56. The lowest BCUT2D eigenvalue weighted by Crippen LogP contribution is -2.14. The fraction of sp³-hybridized carbons (Fsp3) is 0. The highest BCUT2D eigenvalue weighted by atomic mass is 32.2. The highest BCUT2D eigenvalue weighted by molar-refractivity contribution is 7.93. The van der Waals surface area contributed by atoms with E-state index in [4.69, 9.17) is 0 Å². The molecule has 0 aliphatic carbocycles. The van der Waals surface area contributed by atoms with Crippen LogP contribution in [-0.2, 0) is 10.0 Å². The second-order valence-electron chi connectivity index (χ2n) is 3.97. The average molecular weight is 293 g/mol. The molecule has 0 unspecified atom stereocenters. The topological polar surface area (TPSA) is 85.1 Å². The van der Waals surface area contributed by atoms with Gasteiger partial charge in [0.15, 0.2) is 5.52 Å². The van der Waals surface area contributed by atoms with E-state index in [2.05, 4.69) is 19.7 Å². The van der Waals surface area contributed by atoms with Gasteiger partial charge in [0.2, 0.25) is 0 Å². The number of sulfonamides is 1. The van der Waals surface area contributed by atoms with E-state index in [0.717, 1.165) is 6.07 Å². The first-order valence-corrected chi connectivity index (χ1v) is 7.05. The Labute approximate surface area is 113 Å². The van der Waals surface area contributed by atoms with Crippen molar-refractivity contribution in [1.82, 2.24) is 10.3 Å². The van der Waals surface area contributed by atoms with E-state index in [-0.39, 0.29) is 16.1 Å². The summed E-state index contributed by atoms with van der Waals surface area (Å²) in [6.07, 6.45) is 0. The van der Waals surface area contributed by atoms with Crippen molar-refractivity contribution in [3.8, 4) is 0 Å². The smallest absolute Gasteiger partial charge is 0.264 e. The molecule has 102 valence electrons. The van der Waals surface area contributed by atoms with Gasteiger partial charge < -0.3 is 0 Å². The average Bonchev–Trinajstić information content (AvgIpc) is 2.89. The largest absolute Gasteiger partial charge is 0.277 e. The van der Waals surface area contributed by atoms with Crippen molar-refractivity contribution in [2.45, 2.75) is 4.90 Å². The zero-order valence-corrected chi connectivity index (χ0v) is 10.8. The van der Waals surface area contributed by atoms with Crippen LogP contribution in [0.4, 0.5) is 10.1 Å². The molecule has 6 nitrogen and oxygen atoms in total. The van der Waals surface area contributed by atoms with Crippen LogP contribution in [0.25, 0.3) is 11.0 Å². The van der Waals surface area contributed by atoms with Gasteiger partial charge in [-0.3, -0.25) is 4.72 Å². The van der Waals surface area contributed by atoms with Gasteiger partial charge in [0.25, 0.3) is 10.0 Å². The molecule has 1 N–H and O–H groups in total. The zero-order chi connectivity index (χ0) is 14.2. The fourth-order valence-electron chi connectivity index (χ4n) is 1.74. The highest BCUT2D eigenvalue weighted by Crippen LogP contribution is 2.23. The number of benzene rings is 2. The maximum atomic E-state index is 13.5. The number of anilines is 1. The van der Waals surface area contributed by atoms with Crippen LogP contribution >= 0.6 is 0 Å². The molecular weight excluding hydrogens is 285 g/mol. The number of nitrogens with zero attached hydrogens (tertiary/aromatic N) is 2. The molecular formula is C12H8FN3O3S. The standard InChI is InChI=1S/C12H8FN3O3S/c13-8-4-1-2-5-9(8)16-20(17,18)11-7-3-6-10-12(11)15-19-14-10/h1-7,16H. The minimum atomic E-state index is -3.98. The molecule has 0 radical (unpaired) electrons. The van der Waals surface area contributed by atoms with E-state index in [0.29, 0.717) is 5.52 Å². The third kappa shape index (κ3) is 2.10. The SMILES string of the molecule is O=S(=O)(Nc1ccccc1F)c1cccc2nonc12. The summed E-state index contributed by atoms with van der Waals surface area (Å²) in [6.45, 7) is 0. The van der Waals surface area contributed by atoms with E-state index < -0.39 is 15.8 Å². The Hall–Kier alpha value is -2.48. The molecule has 1 heterocycles. The molecule has 20 heavy (non-hydrogen) atoms. The molecule has 0 amide bonds. The summed E-state index contributed by atoms with van der Waals surface area (Å²) in [7, 11) is -3.98. The van der Waals surface area contributed by atoms with Gasteiger partial charge in [-0.25, -0.2) is 17.4 Å². The van der Waals surface area contributed by atoms with Crippen LogP contribution < -0.4 is 4.72 Å². The van der Waals surface area contributed by atoms with Crippen molar-refractivity contribution in [2.24, 2.45) is 0 Å². The molecule has 3 aromatic rings. The maximum absolute atomic E-state index is 13.5. The molecule has 0 fully saturated rings. The normalized spacial score (nSPS) is 11.7. The molecule has 2 aromatic carbocycles. The molecule has 3 rings (SSSR count). The van der Waals surface area contributed by atoms with Crippen LogP contribution in [-0.4, -0.2) is 18.7 Å². The Morgan fingerprint density at radius 3 is 2.65 bits per heavy atom. The molecule has 0 bridgehead atoms. The maximum Gasteiger partial charge on any atom is 0.264 e. The minimum Gasteiger partial charge on any atom is -0.277 e. The van der Waals surface area contributed by atoms with Crippen LogP contribution in [0, 0.1) is 5.82 Å². The number of aromatic nitrogens is 2. The Morgan fingerprint density at radius 2 is 1.85 bits per heavy atom. The Balaban J connectivity index is 2.09. The van der Waals surface area contributed by atoms with E-state index in [1.54, 1.807) is 6.07 Å². The monoisotopic (exact) mass is 293 g/mol. The number of halogens is 1. The molecule has 0 saturated carbocycles. The molecule has 0 spiro atoms. The third-order valence-corrected chi connectivity index (χ3v) is 4.05.